The predicted molar refractivity (Wildman–Crippen MR) is 62.8 cm³/mol. The molecule has 6 heteroatoms. The minimum atomic E-state index is -1.02. The van der Waals surface area contributed by atoms with Gasteiger partial charge in [-0.2, -0.15) is 0 Å². The third-order valence-electron chi connectivity index (χ3n) is 2.97. The molecular weight excluding hydrogens is 242 g/mol. The summed E-state index contributed by atoms with van der Waals surface area (Å²) in [5, 5.41) is 0. The fourth-order valence-electron chi connectivity index (χ4n) is 1.98. The van der Waals surface area contributed by atoms with Gasteiger partial charge in [0.2, 0.25) is 0 Å². The first-order valence-electron chi connectivity index (χ1n) is 5.59. The van der Waals surface area contributed by atoms with Gasteiger partial charge in [-0.05, 0) is 12.5 Å². The molecule has 0 bridgehead atoms. The maximum absolute atomic E-state index is 13.4. The molecule has 2 N–H and O–H groups in total. The van der Waals surface area contributed by atoms with E-state index >= 15 is 0 Å². The van der Waals surface area contributed by atoms with Gasteiger partial charge in [-0.3, -0.25) is 4.79 Å². The lowest BCUT2D eigenvalue weighted by Crippen LogP contribution is -2.29. The maximum atomic E-state index is 13.4. The SMILES string of the molecule is COc1cc(N)c(F)cc1C(=O)N1CC[C@H](F)C1. The van der Waals surface area contributed by atoms with Crippen LogP contribution in [0.25, 0.3) is 0 Å². The lowest BCUT2D eigenvalue weighted by Gasteiger charge is -2.17. The first kappa shape index (κ1) is 12.6. The van der Waals surface area contributed by atoms with Crippen LogP contribution in [0, 0.1) is 5.82 Å². The largest absolute Gasteiger partial charge is 0.496 e. The van der Waals surface area contributed by atoms with Crippen molar-refractivity contribution in [3.05, 3.63) is 23.5 Å². The topological polar surface area (TPSA) is 55.6 Å². The van der Waals surface area contributed by atoms with Crippen molar-refractivity contribution in [3.63, 3.8) is 0 Å². The van der Waals surface area contributed by atoms with Crippen LogP contribution in [-0.4, -0.2) is 37.2 Å². The first-order chi connectivity index (χ1) is 8.52. The number of hydrogen-bond acceptors (Lipinski definition) is 3. The number of carbonyl (C=O) groups excluding carboxylic acids is 1. The van der Waals surface area contributed by atoms with Crippen molar-refractivity contribution in [1.82, 2.24) is 4.90 Å². The van der Waals surface area contributed by atoms with Crippen molar-refractivity contribution < 1.29 is 18.3 Å². The Morgan fingerprint density at radius 2 is 2.28 bits per heavy atom. The van der Waals surface area contributed by atoms with Gasteiger partial charge in [-0.1, -0.05) is 0 Å². The molecule has 0 aliphatic carbocycles. The highest BCUT2D eigenvalue weighted by Crippen LogP contribution is 2.27. The zero-order valence-electron chi connectivity index (χ0n) is 9.95. The Kier molecular flexibility index (Phi) is 3.36. The molecule has 2 rings (SSSR count). The van der Waals surface area contributed by atoms with Gasteiger partial charge in [-0.15, -0.1) is 0 Å². The molecule has 1 heterocycles. The average Bonchev–Trinajstić information content (AvgIpc) is 2.78. The molecule has 1 aromatic rings. The number of nitrogens with two attached hydrogens (primary N) is 1. The van der Waals surface area contributed by atoms with Crippen LogP contribution in [-0.2, 0) is 0 Å². The number of nitrogen functional groups attached to an aromatic ring is 1. The zero-order chi connectivity index (χ0) is 13.3. The number of nitrogens with zero attached hydrogens (tertiary/aromatic N) is 1. The number of alkyl halides is 1. The van der Waals surface area contributed by atoms with Crippen molar-refractivity contribution in [2.45, 2.75) is 12.6 Å². The second-order valence-electron chi connectivity index (χ2n) is 4.21. The molecule has 1 saturated heterocycles. The standard InChI is InChI=1S/C12H14F2N2O2/c1-18-11-5-10(15)9(14)4-8(11)12(17)16-3-2-7(13)6-16/h4-5,7H,2-3,6,15H2,1H3/t7-/m0/s1. The van der Waals surface area contributed by atoms with E-state index in [0.717, 1.165) is 6.07 Å². The number of likely N-dealkylation sites (tertiary alicyclic amines) is 1. The summed E-state index contributed by atoms with van der Waals surface area (Å²) in [7, 11) is 1.37. The van der Waals surface area contributed by atoms with E-state index in [4.69, 9.17) is 10.5 Å². The van der Waals surface area contributed by atoms with Gasteiger partial charge in [0.05, 0.1) is 24.9 Å². The van der Waals surface area contributed by atoms with Crippen molar-refractivity contribution in [2.24, 2.45) is 0 Å². The summed E-state index contributed by atoms with van der Waals surface area (Å²) >= 11 is 0. The quantitative estimate of drug-likeness (QED) is 0.818. The molecule has 1 aliphatic rings. The number of carbonyl (C=O) groups is 1. The smallest absolute Gasteiger partial charge is 0.257 e. The minimum Gasteiger partial charge on any atom is -0.496 e. The number of amides is 1. The van der Waals surface area contributed by atoms with Gasteiger partial charge in [0.1, 0.15) is 17.7 Å². The van der Waals surface area contributed by atoms with Crippen LogP contribution >= 0.6 is 0 Å². The van der Waals surface area contributed by atoms with Gasteiger partial charge in [0.15, 0.2) is 0 Å². The fourth-order valence-corrected chi connectivity index (χ4v) is 1.98. The van der Waals surface area contributed by atoms with Crippen LogP contribution in [0.2, 0.25) is 0 Å². The molecule has 1 fully saturated rings. The molecule has 1 aliphatic heterocycles. The highest BCUT2D eigenvalue weighted by Gasteiger charge is 2.28. The van der Waals surface area contributed by atoms with Crippen LogP contribution < -0.4 is 10.5 Å². The molecule has 0 unspecified atom stereocenters. The number of halogens is 2. The number of rotatable bonds is 2. The molecule has 0 spiro atoms. The van der Waals surface area contributed by atoms with Crippen molar-refractivity contribution in [2.75, 3.05) is 25.9 Å². The molecule has 0 saturated carbocycles. The van der Waals surface area contributed by atoms with Crippen LogP contribution in [0.15, 0.2) is 12.1 Å². The summed E-state index contributed by atoms with van der Waals surface area (Å²) in [6.07, 6.45) is -0.704. The summed E-state index contributed by atoms with van der Waals surface area (Å²) in [4.78, 5) is 13.5. The Labute approximate surface area is 103 Å². The van der Waals surface area contributed by atoms with Crippen molar-refractivity contribution in [1.29, 1.82) is 0 Å². The molecule has 0 radical (unpaired) electrons. The van der Waals surface area contributed by atoms with Gasteiger partial charge < -0.3 is 15.4 Å². The highest BCUT2D eigenvalue weighted by atomic mass is 19.1. The monoisotopic (exact) mass is 256 g/mol. The van der Waals surface area contributed by atoms with Gasteiger partial charge in [-0.25, -0.2) is 8.78 Å². The maximum Gasteiger partial charge on any atom is 0.257 e. The van der Waals surface area contributed by atoms with Gasteiger partial charge >= 0.3 is 0 Å². The number of ether oxygens (including phenoxy) is 1. The molecule has 1 atom stereocenters. The van der Waals surface area contributed by atoms with E-state index < -0.39 is 17.9 Å². The molecular formula is C12H14F2N2O2. The second-order valence-corrected chi connectivity index (χ2v) is 4.21. The number of benzene rings is 1. The Hall–Kier alpha value is -1.85. The van der Waals surface area contributed by atoms with E-state index in [9.17, 15) is 13.6 Å². The normalized spacial score (nSPS) is 19.1. The van der Waals surface area contributed by atoms with Crippen LogP contribution in [0.5, 0.6) is 5.75 Å². The second kappa shape index (κ2) is 4.80. The Morgan fingerprint density at radius 1 is 1.56 bits per heavy atom. The van der Waals surface area contributed by atoms with E-state index in [1.165, 1.54) is 18.1 Å². The number of anilines is 1. The van der Waals surface area contributed by atoms with Gasteiger partial charge in [0.25, 0.3) is 5.91 Å². The summed E-state index contributed by atoms with van der Waals surface area (Å²) in [6, 6.07) is 2.29. The molecule has 1 amide bonds. The zero-order valence-corrected chi connectivity index (χ0v) is 9.95. The summed E-state index contributed by atoms with van der Waals surface area (Å²) in [5.74, 6) is -0.928. The Balaban J connectivity index is 2.32. The Morgan fingerprint density at radius 3 is 2.83 bits per heavy atom. The third kappa shape index (κ3) is 2.23. The molecule has 1 aromatic carbocycles. The molecule has 18 heavy (non-hydrogen) atoms. The van der Waals surface area contributed by atoms with Crippen molar-refractivity contribution in [3.8, 4) is 5.75 Å². The number of methoxy groups -OCH3 is 1. The van der Waals surface area contributed by atoms with E-state index in [1.54, 1.807) is 0 Å². The van der Waals surface area contributed by atoms with Crippen LogP contribution in [0.4, 0.5) is 14.5 Å². The number of hydrogen-bond donors (Lipinski definition) is 1. The van der Waals surface area contributed by atoms with E-state index in [2.05, 4.69) is 0 Å². The van der Waals surface area contributed by atoms with Gasteiger partial charge in [0, 0.05) is 12.6 Å². The molecule has 4 nitrogen and oxygen atoms in total. The molecule has 98 valence electrons. The van der Waals surface area contributed by atoms with Crippen LogP contribution in [0.3, 0.4) is 0 Å². The average molecular weight is 256 g/mol. The highest BCUT2D eigenvalue weighted by molar-refractivity contribution is 5.97. The fraction of sp³-hybridized carbons (Fsp3) is 0.417. The van der Waals surface area contributed by atoms with E-state index in [1.807, 2.05) is 0 Å². The van der Waals surface area contributed by atoms with E-state index in [0.29, 0.717) is 13.0 Å². The van der Waals surface area contributed by atoms with Crippen molar-refractivity contribution >= 4 is 11.6 Å². The minimum absolute atomic E-state index is 0.0357. The summed E-state index contributed by atoms with van der Waals surface area (Å²) in [5.41, 5.74) is 5.38. The third-order valence-corrected chi connectivity index (χ3v) is 2.97. The first-order valence-corrected chi connectivity index (χ1v) is 5.59. The van der Waals surface area contributed by atoms with E-state index in [-0.39, 0.29) is 23.5 Å². The predicted octanol–water partition coefficient (Wildman–Crippen LogP) is 1.60. The summed E-state index contributed by atoms with van der Waals surface area (Å²) in [6.45, 7) is 0.364. The lowest BCUT2D eigenvalue weighted by molar-refractivity contribution is 0.0779. The lowest BCUT2D eigenvalue weighted by atomic mass is 10.1. The summed E-state index contributed by atoms with van der Waals surface area (Å²) < 4.78 is 31.5. The molecule has 0 aromatic heterocycles. The Bertz CT molecular complexity index is 479. The van der Waals surface area contributed by atoms with Crippen LogP contribution in [0.1, 0.15) is 16.8 Å².